The monoisotopic (exact) mass is 567 g/mol. The van der Waals surface area contributed by atoms with E-state index in [1.807, 2.05) is 0 Å². The summed E-state index contributed by atoms with van der Waals surface area (Å²) in [5.41, 5.74) is 3.16. The zero-order valence-corrected chi connectivity index (χ0v) is 23.2. The fourth-order valence-electron chi connectivity index (χ4n) is 7.17. The lowest BCUT2D eigenvalue weighted by molar-refractivity contribution is -0.528. The highest BCUT2D eigenvalue weighted by atomic mass is 16.6. The molecule has 4 N–H and O–H groups in total. The Bertz CT molecular complexity index is 886. The zero-order valence-electron chi connectivity index (χ0n) is 23.2. The predicted octanol–water partition coefficient (Wildman–Crippen LogP) is 3.30. The van der Waals surface area contributed by atoms with Gasteiger partial charge in [0.05, 0.1) is 36.6 Å². The first kappa shape index (κ1) is 30.6. The summed E-state index contributed by atoms with van der Waals surface area (Å²) in [6, 6.07) is -0.699. The molecule has 0 heterocycles. The van der Waals surface area contributed by atoms with Crippen LogP contribution in [0, 0.1) is 33.8 Å². The van der Waals surface area contributed by atoms with Crippen LogP contribution in [0.15, 0.2) is 0 Å². The number of carbonyl (C=O) groups excluding carboxylic acids is 1. The molecule has 12 heteroatoms. The number of hydrogen-bond donors (Lipinski definition) is 4. The third-order valence-corrected chi connectivity index (χ3v) is 9.63. The molecule has 4 rings (SSSR count). The number of ether oxygens (including phenoxy) is 1. The van der Waals surface area contributed by atoms with Crippen molar-refractivity contribution in [2.75, 3.05) is 6.61 Å². The Morgan fingerprint density at radius 3 is 1.95 bits per heavy atom. The molecule has 5 atom stereocenters. The summed E-state index contributed by atoms with van der Waals surface area (Å²) in [6.07, 6.45) is 11.1. The topological polar surface area (TPSA) is 177 Å². The molecule has 0 saturated heterocycles. The van der Waals surface area contributed by atoms with Crippen LogP contribution in [-0.2, 0) is 24.0 Å². The molecule has 0 aromatic carbocycles. The third kappa shape index (κ3) is 8.36. The minimum absolute atomic E-state index is 0.0275. The number of carbonyl (C=O) groups is 3. The number of carboxylic acid groups (broad SMARTS) is 2. The van der Waals surface area contributed by atoms with Crippen molar-refractivity contribution in [1.29, 1.82) is 0 Å². The molecule has 0 aromatic rings. The van der Waals surface area contributed by atoms with E-state index in [0.29, 0.717) is 6.61 Å². The number of rotatable bonds is 11. The van der Waals surface area contributed by atoms with Gasteiger partial charge in [-0.3, -0.25) is 24.5 Å². The number of amides is 1. The average molecular weight is 568 g/mol. The van der Waals surface area contributed by atoms with E-state index < -0.39 is 34.7 Å². The van der Waals surface area contributed by atoms with Gasteiger partial charge in [0.25, 0.3) is 0 Å². The van der Waals surface area contributed by atoms with Gasteiger partial charge in [0.2, 0.25) is 11.9 Å². The van der Waals surface area contributed by atoms with Crippen LogP contribution in [0.2, 0.25) is 0 Å². The summed E-state index contributed by atoms with van der Waals surface area (Å²) in [6.45, 7) is 0.432. The van der Waals surface area contributed by atoms with Crippen molar-refractivity contribution in [3.05, 3.63) is 10.1 Å². The van der Waals surface area contributed by atoms with Gasteiger partial charge in [0, 0.05) is 29.8 Å². The maximum atomic E-state index is 12.9. The van der Waals surface area contributed by atoms with Crippen LogP contribution in [0.5, 0.6) is 0 Å². The lowest BCUT2D eigenvalue weighted by Crippen LogP contribution is -2.48. The summed E-state index contributed by atoms with van der Waals surface area (Å²) >= 11 is 0. The normalized spacial score (nSPS) is 36.9. The lowest BCUT2D eigenvalue weighted by atomic mass is 9.76. The van der Waals surface area contributed by atoms with E-state index in [4.69, 9.17) is 9.57 Å². The lowest BCUT2D eigenvalue weighted by Gasteiger charge is -2.36. The molecule has 0 bridgehead atoms. The van der Waals surface area contributed by atoms with Gasteiger partial charge < -0.3 is 25.1 Å². The van der Waals surface area contributed by atoms with Crippen molar-refractivity contribution in [1.82, 2.24) is 10.8 Å². The number of carboxylic acids is 2. The number of aliphatic carboxylic acids is 2. The Kier molecular flexibility index (Phi) is 11.1. The Balaban J connectivity index is 1.12. The standard InChI is InChI=1S/C28H45N3O9/c32-26(25-15-20(31(37)38)9-14-24(25)28(35)36)29-18-5-10-21(11-6-18)40-22-12-7-19(8-13-22)30-39-16-17-3-1-2-4-23(17)27(33)34/h17-25,30H,1-16H2,(H,29,32)(H,33,34)(H,35,36). The van der Waals surface area contributed by atoms with E-state index >= 15 is 0 Å². The number of nitro groups is 1. The van der Waals surface area contributed by atoms with Gasteiger partial charge in [0.15, 0.2) is 0 Å². The highest BCUT2D eigenvalue weighted by Crippen LogP contribution is 2.34. The molecular formula is C28H45N3O9. The Labute approximate surface area is 235 Å². The predicted molar refractivity (Wildman–Crippen MR) is 143 cm³/mol. The number of hydroxylamine groups is 1. The maximum absolute atomic E-state index is 12.9. The summed E-state index contributed by atoms with van der Waals surface area (Å²) in [4.78, 5) is 52.6. The molecule has 12 nitrogen and oxygen atoms in total. The zero-order chi connectivity index (χ0) is 28.6. The second-order valence-corrected chi connectivity index (χ2v) is 12.3. The molecule has 1 amide bonds. The molecule has 40 heavy (non-hydrogen) atoms. The van der Waals surface area contributed by atoms with Crippen LogP contribution >= 0.6 is 0 Å². The molecule has 0 radical (unpaired) electrons. The minimum Gasteiger partial charge on any atom is -0.481 e. The molecule has 0 aliphatic heterocycles. The first-order chi connectivity index (χ1) is 19.2. The fourth-order valence-corrected chi connectivity index (χ4v) is 7.17. The van der Waals surface area contributed by atoms with Crippen LogP contribution in [0.25, 0.3) is 0 Å². The van der Waals surface area contributed by atoms with Crippen molar-refractivity contribution in [3.63, 3.8) is 0 Å². The van der Waals surface area contributed by atoms with Crippen molar-refractivity contribution in [2.24, 2.45) is 23.7 Å². The quantitative estimate of drug-likeness (QED) is 0.214. The van der Waals surface area contributed by atoms with Crippen LogP contribution in [0.1, 0.15) is 96.3 Å². The highest BCUT2D eigenvalue weighted by Gasteiger charge is 2.44. The van der Waals surface area contributed by atoms with Gasteiger partial charge in [-0.25, -0.2) is 0 Å². The summed E-state index contributed by atoms with van der Waals surface area (Å²) in [5.74, 6) is -4.14. The molecule has 4 aliphatic carbocycles. The summed E-state index contributed by atoms with van der Waals surface area (Å²) in [7, 11) is 0. The second-order valence-electron chi connectivity index (χ2n) is 12.3. The third-order valence-electron chi connectivity index (χ3n) is 9.63. The Morgan fingerprint density at radius 1 is 0.750 bits per heavy atom. The molecule has 4 saturated carbocycles. The van der Waals surface area contributed by atoms with Gasteiger partial charge in [-0.2, -0.15) is 5.48 Å². The van der Waals surface area contributed by atoms with Crippen LogP contribution in [0.3, 0.4) is 0 Å². The van der Waals surface area contributed by atoms with E-state index in [0.717, 1.165) is 77.0 Å². The fraction of sp³-hybridized carbons (Fsp3) is 0.893. The molecule has 4 fully saturated rings. The molecule has 0 aromatic heterocycles. The van der Waals surface area contributed by atoms with Crippen LogP contribution in [0.4, 0.5) is 0 Å². The Hall–Kier alpha value is -2.31. The van der Waals surface area contributed by atoms with E-state index in [1.54, 1.807) is 0 Å². The largest absolute Gasteiger partial charge is 0.481 e. The van der Waals surface area contributed by atoms with Gasteiger partial charge in [-0.15, -0.1) is 0 Å². The van der Waals surface area contributed by atoms with Gasteiger partial charge in [0.1, 0.15) is 0 Å². The van der Waals surface area contributed by atoms with Crippen LogP contribution in [-0.4, -0.2) is 69.9 Å². The number of hydrogen-bond acceptors (Lipinski definition) is 8. The van der Waals surface area contributed by atoms with Crippen LogP contribution < -0.4 is 10.8 Å². The number of nitrogens with zero attached hydrogens (tertiary/aromatic N) is 1. The van der Waals surface area contributed by atoms with Gasteiger partial charge in [-0.05, 0) is 76.5 Å². The highest BCUT2D eigenvalue weighted by molar-refractivity contribution is 5.85. The average Bonchev–Trinajstić information content (AvgIpc) is 2.94. The smallest absolute Gasteiger partial charge is 0.307 e. The van der Waals surface area contributed by atoms with E-state index in [2.05, 4.69) is 10.8 Å². The first-order valence-corrected chi connectivity index (χ1v) is 15.1. The summed E-state index contributed by atoms with van der Waals surface area (Å²) < 4.78 is 6.38. The van der Waals surface area contributed by atoms with Crippen molar-refractivity contribution < 1.29 is 39.1 Å². The molecular weight excluding hydrogens is 522 g/mol. The van der Waals surface area contributed by atoms with E-state index in [-0.39, 0.29) is 61.3 Å². The summed E-state index contributed by atoms with van der Waals surface area (Å²) in [5, 5.41) is 33.2. The number of nitrogens with one attached hydrogen (secondary N) is 2. The van der Waals surface area contributed by atoms with E-state index in [9.17, 15) is 34.7 Å². The van der Waals surface area contributed by atoms with Crippen molar-refractivity contribution in [2.45, 2.75) is 127 Å². The minimum atomic E-state index is -1.06. The van der Waals surface area contributed by atoms with E-state index in [1.165, 1.54) is 0 Å². The molecule has 226 valence electrons. The molecule has 5 unspecified atom stereocenters. The first-order valence-electron chi connectivity index (χ1n) is 15.1. The van der Waals surface area contributed by atoms with Crippen molar-refractivity contribution >= 4 is 17.8 Å². The van der Waals surface area contributed by atoms with Gasteiger partial charge in [-0.1, -0.05) is 12.8 Å². The molecule has 0 spiro atoms. The van der Waals surface area contributed by atoms with Crippen molar-refractivity contribution in [3.8, 4) is 0 Å². The SMILES string of the molecule is O=C(O)C1CCCCC1CONC1CCC(OC2CCC(NC(=O)C3CC([N+](=O)[O-])CCC3C(=O)O)CC2)CC1. The maximum Gasteiger partial charge on any atom is 0.307 e. The van der Waals surface area contributed by atoms with Gasteiger partial charge >= 0.3 is 11.9 Å². The second kappa shape index (κ2) is 14.5. The molecule has 4 aliphatic rings. The Morgan fingerprint density at radius 2 is 1.35 bits per heavy atom.